The first-order valence-electron chi connectivity index (χ1n) is 13.8. The number of hydrogen-bond acceptors (Lipinski definition) is 6. The normalized spacial score (nSPS) is 19.4. The third kappa shape index (κ3) is 7.27. The summed E-state index contributed by atoms with van der Waals surface area (Å²) < 4.78 is 5.51. The van der Waals surface area contributed by atoms with Gasteiger partial charge in [-0.2, -0.15) is 4.98 Å². The average molecular weight is 502 g/mol. The first-order chi connectivity index (χ1) is 18.1. The number of nitrogens with zero attached hydrogens (tertiary/aromatic N) is 4. The van der Waals surface area contributed by atoms with E-state index >= 15 is 0 Å². The fraction of sp³-hybridized carbons (Fsp3) is 0.500. The van der Waals surface area contributed by atoms with E-state index in [1.54, 1.807) is 0 Å². The molecule has 1 N–H and O–H groups in total. The van der Waals surface area contributed by atoms with E-state index in [-0.39, 0.29) is 11.8 Å². The lowest BCUT2D eigenvalue weighted by Crippen LogP contribution is -2.42. The van der Waals surface area contributed by atoms with Crippen LogP contribution < -0.4 is 5.32 Å². The second-order valence-electron chi connectivity index (χ2n) is 10.7. The maximum Gasteiger partial charge on any atom is 0.241 e. The smallest absolute Gasteiger partial charge is 0.241 e. The molecular formula is C30H39N5O2. The summed E-state index contributed by atoms with van der Waals surface area (Å²) in [6.45, 7) is 8.28. The molecule has 7 nitrogen and oxygen atoms in total. The second kappa shape index (κ2) is 12.5. The van der Waals surface area contributed by atoms with Crippen molar-refractivity contribution in [2.24, 2.45) is 5.92 Å². The third-order valence-corrected chi connectivity index (χ3v) is 7.61. The van der Waals surface area contributed by atoms with Crippen molar-refractivity contribution in [2.45, 2.75) is 65.1 Å². The Balaban J connectivity index is 1.08. The zero-order chi connectivity index (χ0) is 25.5. The van der Waals surface area contributed by atoms with Crippen molar-refractivity contribution in [1.82, 2.24) is 25.3 Å². The predicted octanol–water partition coefficient (Wildman–Crippen LogP) is 4.95. The predicted molar refractivity (Wildman–Crippen MR) is 145 cm³/mol. The van der Waals surface area contributed by atoms with Gasteiger partial charge in [0, 0.05) is 25.2 Å². The Morgan fingerprint density at radius 2 is 1.59 bits per heavy atom. The van der Waals surface area contributed by atoms with Gasteiger partial charge in [-0.05, 0) is 63.4 Å². The van der Waals surface area contributed by atoms with Crippen LogP contribution in [-0.2, 0) is 24.4 Å². The van der Waals surface area contributed by atoms with E-state index in [9.17, 15) is 4.79 Å². The Labute approximate surface area is 220 Å². The topological polar surface area (TPSA) is 74.5 Å². The van der Waals surface area contributed by atoms with Gasteiger partial charge in [-0.25, -0.2) is 0 Å². The van der Waals surface area contributed by atoms with Crippen molar-refractivity contribution < 1.29 is 9.32 Å². The van der Waals surface area contributed by atoms with Crippen molar-refractivity contribution in [1.29, 1.82) is 0 Å². The molecule has 2 fully saturated rings. The van der Waals surface area contributed by atoms with Gasteiger partial charge in [0.1, 0.15) is 0 Å². The lowest BCUT2D eigenvalue weighted by Gasteiger charge is -2.30. The molecule has 0 bridgehead atoms. The molecule has 7 heteroatoms. The zero-order valence-corrected chi connectivity index (χ0v) is 22.0. The molecule has 0 spiro atoms. The fourth-order valence-corrected chi connectivity index (χ4v) is 5.39. The number of aryl methyl sites for hydroxylation is 1. The molecule has 2 aromatic carbocycles. The summed E-state index contributed by atoms with van der Waals surface area (Å²) in [6.07, 6.45) is 7.25. The van der Waals surface area contributed by atoms with Gasteiger partial charge in [0.15, 0.2) is 0 Å². The summed E-state index contributed by atoms with van der Waals surface area (Å²) in [7, 11) is 0. The number of nitrogens with one attached hydrogen (secondary N) is 1. The highest BCUT2D eigenvalue weighted by atomic mass is 16.5. The Kier molecular flexibility index (Phi) is 8.64. The first-order valence-corrected chi connectivity index (χ1v) is 13.8. The molecular weight excluding hydrogens is 462 g/mol. The van der Waals surface area contributed by atoms with Gasteiger partial charge < -0.3 is 9.84 Å². The van der Waals surface area contributed by atoms with E-state index in [2.05, 4.69) is 56.4 Å². The third-order valence-electron chi connectivity index (χ3n) is 7.61. The highest BCUT2D eigenvalue weighted by Gasteiger charge is 2.27. The number of hydrogen-bond donors (Lipinski definition) is 1. The fourth-order valence-electron chi connectivity index (χ4n) is 5.39. The van der Waals surface area contributed by atoms with Gasteiger partial charge in [0.25, 0.3) is 0 Å². The van der Waals surface area contributed by atoms with E-state index in [4.69, 9.17) is 4.52 Å². The minimum atomic E-state index is -0.0180. The second-order valence-corrected chi connectivity index (χ2v) is 10.7. The summed E-state index contributed by atoms with van der Waals surface area (Å²) in [5.41, 5.74) is 4.65. The number of aromatic nitrogens is 2. The summed E-state index contributed by atoms with van der Waals surface area (Å²) in [5.74, 6) is 1.32. The van der Waals surface area contributed by atoms with Gasteiger partial charge in [0.05, 0.1) is 12.5 Å². The van der Waals surface area contributed by atoms with Crippen molar-refractivity contribution in [3.8, 4) is 11.4 Å². The van der Waals surface area contributed by atoms with Crippen LogP contribution in [0.2, 0.25) is 0 Å². The van der Waals surface area contributed by atoms with E-state index in [0.717, 1.165) is 37.1 Å². The van der Waals surface area contributed by atoms with Crippen LogP contribution in [0.25, 0.3) is 11.4 Å². The van der Waals surface area contributed by atoms with Crippen molar-refractivity contribution in [3.05, 3.63) is 71.1 Å². The van der Waals surface area contributed by atoms with Crippen LogP contribution >= 0.6 is 0 Å². The summed E-state index contributed by atoms with van der Waals surface area (Å²) in [6, 6.07) is 16.8. The Morgan fingerprint density at radius 3 is 2.35 bits per heavy atom. The number of piperidine rings is 1. The molecule has 1 unspecified atom stereocenters. The molecule has 1 amide bonds. The van der Waals surface area contributed by atoms with Crippen LogP contribution in [0.15, 0.2) is 53.1 Å². The van der Waals surface area contributed by atoms with Gasteiger partial charge >= 0.3 is 0 Å². The molecule has 2 aliphatic rings. The maximum atomic E-state index is 13.0. The van der Waals surface area contributed by atoms with E-state index in [1.165, 1.54) is 49.9 Å². The molecule has 5 rings (SSSR count). The highest BCUT2D eigenvalue weighted by molar-refractivity contribution is 5.79. The molecule has 2 aliphatic heterocycles. The van der Waals surface area contributed by atoms with Crippen LogP contribution in [0.4, 0.5) is 0 Å². The molecule has 0 radical (unpaired) electrons. The van der Waals surface area contributed by atoms with E-state index in [1.807, 2.05) is 24.3 Å². The molecule has 37 heavy (non-hydrogen) atoms. The highest BCUT2D eigenvalue weighted by Crippen LogP contribution is 2.21. The summed E-state index contributed by atoms with van der Waals surface area (Å²) in [5, 5.41) is 7.31. The van der Waals surface area contributed by atoms with Gasteiger partial charge in [-0.3, -0.25) is 14.6 Å². The average Bonchev–Trinajstić information content (AvgIpc) is 3.23. The molecule has 196 valence electrons. The number of benzene rings is 2. The van der Waals surface area contributed by atoms with Crippen molar-refractivity contribution in [3.63, 3.8) is 0 Å². The number of carbonyl (C=O) groups excluding carboxylic acids is 1. The molecule has 3 heterocycles. The Bertz CT molecular complexity index is 1130. The Morgan fingerprint density at radius 1 is 0.892 bits per heavy atom. The van der Waals surface area contributed by atoms with Gasteiger partial charge in [0.2, 0.25) is 17.6 Å². The van der Waals surface area contributed by atoms with Gasteiger partial charge in [-0.1, -0.05) is 72.1 Å². The standard InChI is InChI=1S/C30H39N5O2/c1-23-8-14-26(15-9-23)29-32-28(37-33-29)22-35-18-6-7-27(21-35)30(36)31-19-24-10-12-25(13-11-24)20-34-16-4-2-3-5-17-34/h8-15,27H,2-7,16-22H2,1H3,(H,31,36). The van der Waals surface area contributed by atoms with Crippen LogP contribution in [0.1, 0.15) is 61.1 Å². The molecule has 0 aliphatic carbocycles. The molecule has 0 saturated carbocycles. The lowest BCUT2D eigenvalue weighted by molar-refractivity contribution is -0.127. The number of amides is 1. The minimum absolute atomic E-state index is 0.0180. The summed E-state index contributed by atoms with van der Waals surface area (Å²) in [4.78, 5) is 22.3. The lowest BCUT2D eigenvalue weighted by atomic mass is 9.97. The van der Waals surface area contributed by atoms with Crippen LogP contribution in [0.5, 0.6) is 0 Å². The SMILES string of the molecule is Cc1ccc(-c2noc(CN3CCCC(C(=O)NCc4ccc(CN5CCCCCC5)cc4)C3)n2)cc1. The van der Waals surface area contributed by atoms with E-state index in [0.29, 0.717) is 31.3 Å². The Hall–Kier alpha value is -3.03. The molecule has 1 aromatic heterocycles. The number of carbonyl (C=O) groups is 1. The minimum Gasteiger partial charge on any atom is -0.352 e. The maximum absolute atomic E-state index is 13.0. The van der Waals surface area contributed by atoms with Crippen LogP contribution in [0, 0.1) is 12.8 Å². The monoisotopic (exact) mass is 501 g/mol. The number of rotatable bonds is 8. The van der Waals surface area contributed by atoms with Crippen molar-refractivity contribution >= 4 is 5.91 Å². The molecule has 2 saturated heterocycles. The van der Waals surface area contributed by atoms with Crippen molar-refractivity contribution in [2.75, 3.05) is 26.2 Å². The first kappa shape index (κ1) is 25.6. The van der Waals surface area contributed by atoms with E-state index < -0.39 is 0 Å². The quantitative estimate of drug-likeness (QED) is 0.471. The van der Waals surface area contributed by atoms with Crippen LogP contribution in [-0.4, -0.2) is 52.0 Å². The molecule has 1 atom stereocenters. The summed E-state index contributed by atoms with van der Waals surface area (Å²) >= 11 is 0. The van der Waals surface area contributed by atoms with Gasteiger partial charge in [-0.15, -0.1) is 0 Å². The number of likely N-dealkylation sites (tertiary alicyclic amines) is 2. The molecule has 3 aromatic rings. The van der Waals surface area contributed by atoms with Crippen LogP contribution in [0.3, 0.4) is 0 Å². The largest absolute Gasteiger partial charge is 0.352 e. The zero-order valence-electron chi connectivity index (χ0n) is 22.0.